The molecule has 2 heteroatoms. The number of hydrogen-bond acceptors (Lipinski definition) is 1. The molecule has 0 saturated heterocycles. The molecular weight excluding hydrogens is 179 g/mol. The number of aliphatic hydroxyl groups excluding tert-OH is 1. The van der Waals surface area contributed by atoms with Gasteiger partial charge in [-0.15, -0.1) is 0 Å². The minimum atomic E-state index is -0.490. The third-order valence-electron chi connectivity index (χ3n) is 3.01. The van der Waals surface area contributed by atoms with E-state index in [1.54, 1.807) is 12.1 Å². The van der Waals surface area contributed by atoms with E-state index >= 15 is 0 Å². The Labute approximate surface area is 83.6 Å². The number of rotatable bonds is 3. The third-order valence-corrected chi connectivity index (χ3v) is 3.01. The molecule has 1 aliphatic carbocycles. The van der Waals surface area contributed by atoms with Gasteiger partial charge in [-0.2, -0.15) is 0 Å². The second-order valence-electron chi connectivity index (χ2n) is 4.10. The van der Waals surface area contributed by atoms with Crippen LogP contribution in [0.5, 0.6) is 0 Å². The third kappa shape index (κ3) is 2.13. The van der Waals surface area contributed by atoms with Crippen LogP contribution in [0.25, 0.3) is 0 Å². The first-order valence-electron chi connectivity index (χ1n) is 5.19. The van der Waals surface area contributed by atoms with Gasteiger partial charge in [0.25, 0.3) is 0 Å². The van der Waals surface area contributed by atoms with Gasteiger partial charge in [0.05, 0.1) is 6.10 Å². The Kier molecular flexibility index (Phi) is 2.82. The predicted molar refractivity (Wildman–Crippen MR) is 53.3 cm³/mol. The van der Waals surface area contributed by atoms with Crippen LogP contribution in [0.3, 0.4) is 0 Å². The van der Waals surface area contributed by atoms with Crippen molar-refractivity contribution >= 4 is 0 Å². The SMILES string of the molecule is OC(CC1CCC1)c1cccc(F)c1. The van der Waals surface area contributed by atoms with Crippen molar-refractivity contribution in [2.24, 2.45) is 5.92 Å². The highest BCUT2D eigenvalue weighted by atomic mass is 19.1. The zero-order valence-corrected chi connectivity index (χ0v) is 8.12. The molecule has 1 atom stereocenters. The van der Waals surface area contributed by atoms with Gasteiger partial charge < -0.3 is 5.11 Å². The van der Waals surface area contributed by atoms with Crippen LogP contribution in [0, 0.1) is 11.7 Å². The fourth-order valence-electron chi connectivity index (χ4n) is 1.89. The quantitative estimate of drug-likeness (QED) is 0.784. The molecule has 0 amide bonds. The summed E-state index contributed by atoms with van der Waals surface area (Å²) in [5.41, 5.74) is 0.705. The topological polar surface area (TPSA) is 20.2 Å². The average Bonchev–Trinajstić information content (AvgIpc) is 2.11. The van der Waals surface area contributed by atoms with Gasteiger partial charge >= 0.3 is 0 Å². The smallest absolute Gasteiger partial charge is 0.123 e. The van der Waals surface area contributed by atoms with E-state index < -0.39 is 6.10 Å². The normalized spacial score (nSPS) is 19.0. The largest absolute Gasteiger partial charge is 0.388 e. The molecule has 0 aromatic heterocycles. The number of aliphatic hydroxyl groups is 1. The molecule has 1 aliphatic rings. The molecule has 1 unspecified atom stereocenters. The fourth-order valence-corrected chi connectivity index (χ4v) is 1.89. The maximum absolute atomic E-state index is 12.8. The standard InChI is InChI=1S/C12H15FO/c13-11-6-2-5-10(8-11)12(14)7-9-3-1-4-9/h2,5-6,8-9,12,14H,1,3-4,7H2. The Bertz CT molecular complexity index is 307. The fraction of sp³-hybridized carbons (Fsp3) is 0.500. The highest BCUT2D eigenvalue weighted by Crippen LogP contribution is 2.34. The van der Waals surface area contributed by atoms with Crippen molar-refractivity contribution in [2.45, 2.75) is 31.8 Å². The van der Waals surface area contributed by atoms with Gasteiger partial charge in [0.15, 0.2) is 0 Å². The molecule has 1 aromatic carbocycles. The monoisotopic (exact) mass is 194 g/mol. The van der Waals surface area contributed by atoms with E-state index in [0.29, 0.717) is 11.5 Å². The molecule has 0 spiro atoms. The molecule has 1 N–H and O–H groups in total. The van der Waals surface area contributed by atoms with Crippen LogP contribution >= 0.6 is 0 Å². The van der Waals surface area contributed by atoms with E-state index in [2.05, 4.69) is 0 Å². The molecule has 0 radical (unpaired) electrons. The highest BCUT2D eigenvalue weighted by Gasteiger charge is 2.21. The summed E-state index contributed by atoms with van der Waals surface area (Å²) in [5.74, 6) is 0.378. The van der Waals surface area contributed by atoms with Gasteiger partial charge in [-0.1, -0.05) is 31.4 Å². The van der Waals surface area contributed by atoms with Crippen molar-refractivity contribution in [3.8, 4) is 0 Å². The summed E-state index contributed by atoms with van der Waals surface area (Å²) >= 11 is 0. The van der Waals surface area contributed by atoms with Crippen molar-refractivity contribution in [1.29, 1.82) is 0 Å². The van der Waals surface area contributed by atoms with Gasteiger partial charge in [0.2, 0.25) is 0 Å². The Morgan fingerprint density at radius 1 is 1.43 bits per heavy atom. The molecule has 14 heavy (non-hydrogen) atoms. The van der Waals surface area contributed by atoms with Crippen molar-refractivity contribution in [2.75, 3.05) is 0 Å². The summed E-state index contributed by atoms with van der Waals surface area (Å²) in [5, 5.41) is 9.81. The molecule has 76 valence electrons. The van der Waals surface area contributed by atoms with E-state index in [-0.39, 0.29) is 5.82 Å². The van der Waals surface area contributed by atoms with Crippen LogP contribution in [0.15, 0.2) is 24.3 Å². The van der Waals surface area contributed by atoms with Gasteiger partial charge in [0, 0.05) is 0 Å². The maximum atomic E-state index is 12.8. The van der Waals surface area contributed by atoms with Crippen LogP contribution < -0.4 is 0 Å². The van der Waals surface area contributed by atoms with Gasteiger partial charge in [-0.25, -0.2) is 4.39 Å². The molecule has 0 bridgehead atoms. The zero-order chi connectivity index (χ0) is 9.97. The lowest BCUT2D eigenvalue weighted by Crippen LogP contribution is -2.14. The molecule has 1 aromatic rings. The maximum Gasteiger partial charge on any atom is 0.123 e. The van der Waals surface area contributed by atoms with E-state index in [0.717, 1.165) is 6.42 Å². The molecular formula is C12H15FO. The molecule has 2 rings (SSSR count). The Balaban J connectivity index is 1.98. The Hall–Kier alpha value is -0.890. The van der Waals surface area contributed by atoms with E-state index in [1.165, 1.54) is 31.4 Å². The van der Waals surface area contributed by atoms with E-state index in [1.807, 2.05) is 0 Å². The van der Waals surface area contributed by atoms with Crippen LogP contribution in [-0.2, 0) is 0 Å². The number of benzene rings is 1. The van der Waals surface area contributed by atoms with Crippen LogP contribution in [0.4, 0.5) is 4.39 Å². The number of halogens is 1. The van der Waals surface area contributed by atoms with Crippen LogP contribution in [0.1, 0.15) is 37.4 Å². The number of hydrogen-bond donors (Lipinski definition) is 1. The minimum Gasteiger partial charge on any atom is -0.388 e. The second-order valence-corrected chi connectivity index (χ2v) is 4.10. The first-order chi connectivity index (χ1) is 6.75. The summed E-state index contributed by atoms with van der Waals surface area (Å²) in [6.07, 6.45) is 4.00. The second kappa shape index (κ2) is 4.09. The predicted octanol–water partition coefficient (Wildman–Crippen LogP) is 3.05. The molecule has 0 aliphatic heterocycles. The molecule has 0 heterocycles. The summed E-state index contributed by atoms with van der Waals surface area (Å²) in [6, 6.07) is 6.25. The van der Waals surface area contributed by atoms with Crippen molar-refractivity contribution in [3.63, 3.8) is 0 Å². The lowest BCUT2D eigenvalue weighted by molar-refractivity contribution is 0.118. The van der Waals surface area contributed by atoms with Crippen molar-refractivity contribution in [1.82, 2.24) is 0 Å². The van der Waals surface area contributed by atoms with Gasteiger partial charge in [-0.05, 0) is 30.0 Å². The average molecular weight is 194 g/mol. The van der Waals surface area contributed by atoms with Crippen LogP contribution in [-0.4, -0.2) is 5.11 Å². The summed E-state index contributed by atoms with van der Waals surface area (Å²) in [6.45, 7) is 0. The molecule has 1 nitrogen and oxygen atoms in total. The first kappa shape index (κ1) is 9.66. The summed E-state index contributed by atoms with van der Waals surface area (Å²) in [7, 11) is 0. The van der Waals surface area contributed by atoms with Crippen LogP contribution in [0.2, 0.25) is 0 Å². The Morgan fingerprint density at radius 2 is 2.21 bits per heavy atom. The van der Waals surface area contributed by atoms with Crippen molar-refractivity contribution < 1.29 is 9.50 Å². The lowest BCUT2D eigenvalue weighted by atomic mass is 9.80. The molecule has 1 fully saturated rings. The van der Waals surface area contributed by atoms with E-state index in [9.17, 15) is 9.50 Å². The minimum absolute atomic E-state index is 0.268. The van der Waals surface area contributed by atoms with Crippen molar-refractivity contribution in [3.05, 3.63) is 35.6 Å². The molecule has 1 saturated carbocycles. The van der Waals surface area contributed by atoms with Gasteiger partial charge in [0.1, 0.15) is 5.82 Å². The summed E-state index contributed by atoms with van der Waals surface area (Å²) < 4.78 is 12.8. The summed E-state index contributed by atoms with van der Waals surface area (Å²) in [4.78, 5) is 0. The van der Waals surface area contributed by atoms with Gasteiger partial charge in [-0.3, -0.25) is 0 Å². The first-order valence-corrected chi connectivity index (χ1v) is 5.19. The van der Waals surface area contributed by atoms with E-state index in [4.69, 9.17) is 0 Å². The zero-order valence-electron chi connectivity index (χ0n) is 8.12. The highest BCUT2D eigenvalue weighted by molar-refractivity contribution is 5.18. The lowest BCUT2D eigenvalue weighted by Gasteiger charge is -2.27. The Morgan fingerprint density at radius 3 is 2.79 bits per heavy atom.